The minimum atomic E-state index is -0.748. The van der Waals surface area contributed by atoms with Crippen LogP contribution < -0.4 is 10.6 Å². The van der Waals surface area contributed by atoms with Crippen molar-refractivity contribution < 1.29 is 32.6 Å². The Kier molecular flexibility index (Phi) is 8.19. The summed E-state index contributed by atoms with van der Waals surface area (Å²) < 4.78 is 39.8. The Morgan fingerprint density at radius 3 is 2.62 bits per heavy atom. The number of carbonyl (C=O) groups excluding carboxylic acids is 3. The number of nitrogens with zero attached hydrogens (tertiary/aromatic N) is 2. The lowest BCUT2D eigenvalue weighted by Gasteiger charge is -2.18. The lowest BCUT2D eigenvalue weighted by molar-refractivity contribution is 0.0514. The van der Waals surface area contributed by atoms with E-state index in [4.69, 9.17) is 21.1 Å². The second kappa shape index (κ2) is 11.4. The van der Waals surface area contributed by atoms with Crippen LogP contribution >= 0.6 is 11.6 Å². The highest BCUT2D eigenvalue weighted by Crippen LogP contribution is 2.36. The average Bonchev–Trinajstić information content (AvgIpc) is 3.49. The van der Waals surface area contributed by atoms with E-state index in [1.807, 2.05) is 0 Å². The number of halogens is 3. The Hall–Kier alpha value is -3.99. The van der Waals surface area contributed by atoms with Crippen LogP contribution in [-0.2, 0) is 22.3 Å². The van der Waals surface area contributed by atoms with Crippen molar-refractivity contribution in [3.63, 3.8) is 0 Å². The van der Waals surface area contributed by atoms with Gasteiger partial charge in [-0.2, -0.15) is 9.78 Å². The molecule has 0 saturated heterocycles. The molecule has 1 aliphatic rings. The molecule has 0 radical (unpaired) electrons. The monoisotopic (exact) mass is 560 g/mol. The summed E-state index contributed by atoms with van der Waals surface area (Å²) >= 11 is 5.78. The van der Waals surface area contributed by atoms with Gasteiger partial charge in [-0.3, -0.25) is 4.79 Å². The van der Waals surface area contributed by atoms with Crippen LogP contribution in [0.4, 0.5) is 24.1 Å². The number of carbonyl (C=O) groups is 3. The van der Waals surface area contributed by atoms with Crippen molar-refractivity contribution in [2.45, 2.75) is 51.7 Å². The molecule has 1 atom stereocenters. The molecule has 2 N–H and O–H groups in total. The molecule has 2 aromatic carbocycles. The Bertz CT molecular complexity index is 1420. The molecule has 1 aromatic heterocycles. The van der Waals surface area contributed by atoms with Gasteiger partial charge in [-0.25, -0.2) is 18.4 Å². The first-order valence-corrected chi connectivity index (χ1v) is 12.6. The number of aromatic nitrogens is 2. The van der Waals surface area contributed by atoms with Gasteiger partial charge in [0.25, 0.3) is 5.91 Å². The lowest BCUT2D eigenvalue weighted by atomic mass is 10.0. The summed E-state index contributed by atoms with van der Waals surface area (Å²) in [7, 11) is 0. The van der Waals surface area contributed by atoms with Gasteiger partial charge >= 0.3 is 12.2 Å². The van der Waals surface area contributed by atoms with E-state index in [1.165, 1.54) is 36.7 Å². The molecule has 0 bridgehead atoms. The molecule has 0 spiro atoms. The van der Waals surface area contributed by atoms with Crippen molar-refractivity contribution in [2.75, 3.05) is 11.9 Å². The first-order chi connectivity index (χ1) is 18.4. The summed E-state index contributed by atoms with van der Waals surface area (Å²) in [6, 6.07) is 5.63. The van der Waals surface area contributed by atoms with Gasteiger partial charge in [0.1, 0.15) is 17.2 Å². The Balaban J connectivity index is 1.34. The fourth-order valence-electron chi connectivity index (χ4n) is 4.19. The molecule has 0 aliphatic heterocycles. The van der Waals surface area contributed by atoms with E-state index in [9.17, 15) is 23.2 Å². The molecule has 4 rings (SSSR count). The van der Waals surface area contributed by atoms with Crippen LogP contribution in [-0.4, -0.2) is 40.1 Å². The number of nitrogens with one attached hydrogen (secondary N) is 2. The van der Waals surface area contributed by atoms with Crippen LogP contribution in [0.15, 0.2) is 42.7 Å². The SMILES string of the molecule is CC(C)(C)OC(=O)n1cc(CCOC(=O)N[C@H]2CCc3c(C(=O)Nc4ccc(F)c(Cl)c4)ccc(F)c32)cn1. The fraction of sp³-hybridized carbons (Fsp3) is 0.333. The highest BCUT2D eigenvalue weighted by Gasteiger charge is 2.31. The highest BCUT2D eigenvalue weighted by atomic mass is 35.5. The van der Waals surface area contributed by atoms with Crippen LogP contribution in [0.1, 0.15) is 60.3 Å². The van der Waals surface area contributed by atoms with Gasteiger partial charge in [-0.15, -0.1) is 0 Å². The van der Waals surface area contributed by atoms with Gasteiger partial charge in [-0.1, -0.05) is 11.6 Å². The van der Waals surface area contributed by atoms with Gasteiger partial charge in [0, 0.05) is 29.4 Å². The molecule has 2 amide bonds. The second-order valence-electron chi connectivity index (χ2n) is 9.97. The third-order valence-corrected chi connectivity index (χ3v) is 6.18. The number of ether oxygens (including phenoxy) is 2. The second-order valence-corrected chi connectivity index (χ2v) is 10.4. The van der Waals surface area contributed by atoms with Gasteiger partial charge in [0.2, 0.25) is 0 Å². The molecular weight excluding hydrogens is 534 g/mol. The number of hydrogen-bond acceptors (Lipinski definition) is 6. The Labute approximate surface area is 228 Å². The summed E-state index contributed by atoms with van der Waals surface area (Å²) in [5.74, 6) is -1.68. The lowest BCUT2D eigenvalue weighted by Crippen LogP contribution is -2.29. The highest BCUT2D eigenvalue weighted by molar-refractivity contribution is 6.31. The molecule has 12 heteroatoms. The molecular formula is C27H27ClF2N4O5. The van der Waals surface area contributed by atoms with E-state index < -0.39 is 41.4 Å². The van der Waals surface area contributed by atoms with Crippen molar-refractivity contribution in [3.8, 4) is 0 Å². The number of fused-ring (bicyclic) bond motifs is 1. The molecule has 1 heterocycles. The van der Waals surface area contributed by atoms with E-state index in [1.54, 1.807) is 20.8 Å². The van der Waals surface area contributed by atoms with Crippen LogP contribution in [0.25, 0.3) is 0 Å². The summed E-state index contributed by atoms with van der Waals surface area (Å²) in [4.78, 5) is 37.4. The molecule has 1 aliphatic carbocycles. The molecule has 0 fully saturated rings. The molecule has 39 heavy (non-hydrogen) atoms. The van der Waals surface area contributed by atoms with E-state index >= 15 is 0 Å². The maximum atomic E-state index is 14.8. The van der Waals surface area contributed by atoms with Gasteiger partial charge < -0.3 is 20.1 Å². The normalized spacial score (nSPS) is 14.5. The van der Waals surface area contributed by atoms with Gasteiger partial charge in [0.15, 0.2) is 0 Å². The average molecular weight is 561 g/mol. The molecule has 0 saturated carbocycles. The van der Waals surface area contributed by atoms with Crippen LogP contribution in [0.5, 0.6) is 0 Å². The number of alkyl carbamates (subject to hydrolysis) is 1. The zero-order chi connectivity index (χ0) is 28.3. The third kappa shape index (κ3) is 6.91. The summed E-state index contributed by atoms with van der Waals surface area (Å²) in [6.07, 6.45) is 2.62. The molecule has 206 valence electrons. The minimum Gasteiger partial charge on any atom is -0.449 e. The van der Waals surface area contributed by atoms with Crippen LogP contribution in [0.2, 0.25) is 5.02 Å². The topological polar surface area (TPSA) is 112 Å². The predicted molar refractivity (Wildman–Crippen MR) is 139 cm³/mol. The van der Waals surface area contributed by atoms with Crippen molar-refractivity contribution >= 4 is 35.4 Å². The Morgan fingerprint density at radius 2 is 1.90 bits per heavy atom. The molecule has 9 nitrogen and oxygen atoms in total. The zero-order valence-electron chi connectivity index (χ0n) is 21.5. The van der Waals surface area contributed by atoms with Gasteiger partial charge in [0.05, 0.1) is 23.9 Å². The largest absolute Gasteiger partial charge is 0.449 e. The summed E-state index contributed by atoms with van der Waals surface area (Å²) in [6.45, 7) is 5.24. The number of anilines is 1. The number of hydrogen-bond donors (Lipinski definition) is 2. The minimum absolute atomic E-state index is 0.00339. The molecule has 0 unspecified atom stereocenters. The van der Waals surface area contributed by atoms with E-state index in [0.29, 0.717) is 30.4 Å². The van der Waals surface area contributed by atoms with Crippen molar-refractivity contribution in [1.29, 1.82) is 0 Å². The van der Waals surface area contributed by atoms with E-state index in [2.05, 4.69) is 15.7 Å². The van der Waals surface area contributed by atoms with Crippen molar-refractivity contribution in [2.24, 2.45) is 0 Å². The van der Waals surface area contributed by atoms with Crippen LogP contribution in [0, 0.1) is 11.6 Å². The van der Waals surface area contributed by atoms with Crippen LogP contribution in [0.3, 0.4) is 0 Å². The predicted octanol–water partition coefficient (Wildman–Crippen LogP) is 5.81. The number of rotatable bonds is 6. The van der Waals surface area contributed by atoms with Crippen molar-refractivity contribution in [1.82, 2.24) is 15.1 Å². The summed E-state index contributed by atoms with van der Waals surface area (Å²) in [5.41, 5.74) is 1.22. The first kappa shape index (κ1) is 28.0. The maximum Gasteiger partial charge on any atom is 0.435 e. The summed E-state index contributed by atoms with van der Waals surface area (Å²) in [5, 5.41) is 9.11. The van der Waals surface area contributed by atoms with E-state index in [0.717, 1.165) is 10.7 Å². The van der Waals surface area contributed by atoms with E-state index in [-0.39, 0.29) is 28.4 Å². The Morgan fingerprint density at radius 1 is 1.15 bits per heavy atom. The maximum absolute atomic E-state index is 14.8. The number of amides is 2. The fourth-order valence-corrected chi connectivity index (χ4v) is 4.37. The smallest absolute Gasteiger partial charge is 0.435 e. The third-order valence-electron chi connectivity index (χ3n) is 5.89. The quantitative estimate of drug-likeness (QED) is 0.394. The van der Waals surface area contributed by atoms with Crippen molar-refractivity contribution in [3.05, 3.63) is 81.6 Å². The molecule has 3 aromatic rings. The standard InChI is InChI=1S/C27H27ClF2N4O5/c1-27(2,3)39-26(37)34-14-15(13-31-34)10-11-38-25(36)33-22-9-6-17-18(5-8-21(30)23(17)22)24(35)32-16-4-7-20(29)19(28)12-16/h4-5,7-8,12-14,22H,6,9-11H2,1-3H3,(H,32,35)(H,33,36)/t22-/m0/s1. The first-order valence-electron chi connectivity index (χ1n) is 12.2. The van der Waals surface area contributed by atoms with Gasteiger partial charge in [-0.05, 0) is 75.1 Å². The number of benzene rings is 2. The zero-order valence-corrected chi connectivity index (χ0v) is 22.3.